The van der Waals surface area contributed by atoms with Crippen molar-refractivity contribution >= 4 is 38.3 Å². The van der Waals surface area contributed by atoms with E-state index >= 15 is 0 Å². The van der Waals surface area contributed by atoms with E-state index in [2.05, 4.69) is 4.98 Å². The van der Waals surface area contributed by atoms with Crippen molar-refractivity contribution in [3.8, 4) is 5.75 Å². The summed E-state index contributed by atoms with van der Waals surface area (Å²) in [6.45, 7) is 1.28. The highest BCUT2D eigenvalue weighted by Crippen LogP contribution is 2.33. The molecule has 2 heterocycles. The van der Waals surface area contributed by atoms with Crippen molar-refractivity contribution in [2.24, 2.45) is 5.92 Å². The van der Waals surface area contributed by atoms with Crippen LogP contribution in [0.5, 0.6) is 5.75 Å². The molecule has 3 aromatic carbocycles. The maximum atomic E-state index is 15.0. The smallest absolute Gasteiger partial charge is 0.310 e. The molecular formula is C27H24F3N3O3S. The van der Waals surface area contributed by atoms with Gasteiger partial charge in [0.1, 0.15) is 11.6 Å². The van der Waals surface area contributed by atoms with Gasteiger partial charge in [0, 0.05) is 26.2 Å². The number of ether oxygens (including phenoxy) is 1. The molecule has 37 heavy (non-hydrogen) atoms. The fourth-order valence-electron chi connectivity index (χ4n) is 4.37. The molecule has 1 aliphatic heterocycles. The Morgan fingerprint density at radius 3 is 2.51 bits per heavy atom. The maximum absolute atomic E-state index is 15.0. The van der Waals surface area contributed by atoms with Crippen LogP contribution in [0.25, 0.3) is 10.2 Å². The molecule has 1 N–H and O–H groups in total. The van der Waals surface area contributed by atoms with Gasteiger partial charge in [-0.1, -0.05) is 29.5 Å². The van der Waals surface area contributed by atoms with Gasteiger partial charge in [-0.15, -0.1) is 0 Å². The predicted octanol–water partition coefficient (Wildman–Crippen LogP) is 5.49. The molecule has 6 nitrogen and oxygen atoms in total. The number of anilines is 2. The zero-order chi connectivity index (χ0) is 26.1. The average Bonchev–Trinajstić information content (AvgIpc) is 3.27. The van der Waals surface area contributed by atoms with Crippen molar-refractivity contribution in [2.45, 2.75) is 13.0 Å². The Labute approximate surface area is 215 Å². The lowest BCUT2D eigenvalue weighted by molar-refractivity contribution is -0.142. The van der Waals surface area contributed by atoms with Crippen LogP contribution in [-0.2, 0) is 17.8 Å². The SMILES string of the molecule is COc1ccc(CCN(Cc2ccc(N3CC(C(=O)O)C3)c(F)c2)c2nc3cccc(F)c3s2)cc1F. The monoisotopic (exact) mass is 527 g/mol. The van der Waals surface area contributed by atoms with Crippen LogP contribution in [0.3, 0.4) is 0 Å². The minimum atomic E-state index is -0.882. The quantitative estimate of drug-likeness (QED) is 0.311. The number of hydrogen-bond acceptors (Lipinski definition) is 6. The summed E-state index contributed by atoms with van der Waals surface area (Å²) in [7, 11) is 1.41. The number of carboxylic acids is 1. The summed E-state index contributed by atoms with van der Waals surface area (Å²) < 4.78 is 49.0. The van der Waals surface area contributed by atoms with Crippen LogP contribution in [0.1, 0.15) is 11.1 Å². The number of hydrogen-bond donors (Lipinski definition) is 1. The number of carboxylic acid groups (broad SMARTS) is 1. The zero-order valence-electron chi connectivity index (χ0n) is 20.0. The highest BCUT2D eigenvalue weighted by Gasteiger charge is 2.33. The lowest BCUT2D eigenvalue weighted by Gasteiger charge is -2.38. The molecule has 0 spiro atoms. The first kappa shape index (κ1) is 24.9. The van der Waals surface area contributed by atoms with Gasteiger partial charge in [-0.05, 0) is 53.9 Å². The summed E-state index contributed by atoms with van der Waals surface area (Å²) in [6.07, 6.45) is 0.476. The number of aliphatic carboxylic acids is 1. The van der Waals surface area contributed by atoms with Gasteiger partial charge in [0.15, 0.2) is 16.7 Å². The summed E-state index contributed by atoms with van der Waals surface area (Å²) in [5, 5.41) is 9.66. The Bertz CT molecular complexity index is 1460. The largest absolute Gasteiger partial charge is 0.494 e. The van der Waals surface area contributed by atoms with Crippen LogP contribution in [0.4, 0.5) is 24.0 Å². The number of fused-ring (bicyclic) bond motifs is 1. The summed E-state index contributed by atoms with van der Waals surface area (Å²) in [5.74, 6) is -2.46. The van der Waals surface area contributed by atoms with Gasteiger partial charge in [0.05, 0.1) is 28.9 Å². The fourth-order valence-corrected chi connectivity index (χ4v) is 5.36. The third-order valence-corrected chi connectivity index (χ3v) is 7.61. The Hall–Kier alpha value is -3.79. The minimum absolute atomic E-state index is 0.162. The third kappa shape index (κ3) is 5.20. The average molecular weight is 528 g/mol. The normalized spacial score (nSPS) is 13.6. The number of aromatic nitrogens is 1. The molecule has 10 heteroatoms. The Morgan fingerprint density at radius 1 is 1.08 bits per heavy atom. The van der Waals surface area contributed by atoms with Crippen molar-refractivity contribution < 1.29 is 27.8 Å². The van der Waals surface area contributed by atoms with Gasteiger partial charge in [-0.3, -0.25) is 4.79 Å². The number of nitrogens with zero attached hydrogens (tertiary/aromatic N) is 3. The van der Waals surface area contributed by atoms with Gasteiger partial charge in [-0.2, -0.15) is 0 Å². The Kier molecular flexibility index (Phi) is 6.92. The van der Waals surface area contributed by atoms with Crippen molar-refractivity contribution in [1.29, 1.82) is 0 Å². The van der Waals surface area contributed by atoms with Gasteiger partial charge >= 0.3 is 5.97 Å². The van der Waals surface area contributed by atoms with Crippen molar-refractivity contribution in [1.82, 2.24) is 4.98 Å². The number of benzene rings is 3. The lowest BCUT2D eigenvalue weighted by Crippen LogP contribution is -2.50. The third-order valence-electron chi connectivity index (χ3n) is 6.47. The van der Waals surface area contributed by atoms with Gasteiger partial charge in [0.25, 0.3) is 0 Å². The molecular weight excluding hydrogens is 503 g/mol. The molecule has 0 amide bonds. The standard InChI is InChI=1S/C27H24F3N3O3S/c1-36-24-8-6-16(11-21(24)30)9-10-32(27-31-22-4-2-3-19(28)25(22)37-27)13-17-5-7-23(20(29)12-17)33-14-18(15-33)26(34)35/h2-8,11-12,18H,9-10,13-15H2,1H3,(H,34,35). The Morgan fingerprint density at radius 2 is 1.84 bits per heavy atom. The van der Waals surface area contributed by atoms with Crippen LogP contribution in [-0.4, -0.2) is 42.8 Å². The summed E-state index contributed by atoms with van der Waals surface area (Å²) in [5.41, 5.74) is 2.33. The molecule has 0 atom stereocenters. The molecule has 1 saturated heterocycles. The first-order chi connectivity index (χ1) is 17.8. The second-order valence-corrected chi connectivity index (χ2v) is 9.93. The molecule has 0 aliphatic carbocycles. The molecule has 1 aromatic heterocycles. The molecule has 0 bridgehead atoms. The fraction of sp³-hybridized carbons (Fsp3) is 0.259. The summed E-state index contributed by atoms with van der Waals surface area (Å²) in [6, 6.07) is 14.4. The molecule has 0 radical (unpaired) electrons. The number of carbonyl (C=O) groups is 1. The summed E-state index contributed by atoms with van der Waals surface area (Å²) >= 11 is 1.21. The van der Waals surface area contributed by atoms with E-state index in [4.69, 9.17) is 9.84 Å². The van der Waals surface area contributed by atoms with Crippen LogP contribution in [0.2, 0.25) is 0 Å². The van der Waals surface area contributed by atoms with E-state index in [-0.39, 0.29) is 24.7 Å². The highest BCUT2D eigenvalue weighted by atomic mass is 32.1. The number of thiazole rings is 1. The van der Waals surface area contributed by atoms with Crippen LogP contribution in [0.15, 0.2) is 54.6 Å². The molecule has 1 fully saturated rings. The first-order valence-corrected chi connectivity index (χ1v) is 12.5. The van der Waals surface area contributed by atoms with Gasteiger partial charge < -0.3 is 19.6 Å². The molecule has 4 aromatic rings. The molecule has 5 rings (SSSR count). The summed E-state index contributed by atoms with van der Waals surface area (Å²) in [4.78, 5) is 19.3. The predicted molar refractivity (Wildman–Crippen MR) is 137 cm³/mol. The van der Waals surface area contributed by atoms with Crippen LogP contribution < -0.4 is 14.5 Å². The van der Waals surface area contributed by atoms with Crippen molar-refractivity contribution in [3.63, 3.8) is 0 Å². The number of methoxy groups -OCH3 is 1. The first-order valence-electron chi connectivity index (χ1n) is 11.7. The van der Waals surface area contributed by atoms with Crippen LogP contribution >= 0.6 is 11.3 Å². The molecule has 192 valence electrons. The van der Waals surface area contributed by atoms with E-state index < -0.39 is 23.5 Å². The van der Waals surface area contributed by atoms with Gasteiger partial charge in [0.2, 0.25) is 0 Å². The van der Waals surface area contributed by atoms with Crippen molar-refractivity contribution in [2.75, 3.05) is 36.5 Å². The second-order valence-electron chi connectivity index (χ2n) is 8.95. The van der Waals surface area contributed by atoms with Crippen LogP contribution in [0, 0.1) is 23.4 Å². The van der Waals surface area contributed by atoms with E-state index in [9.17, 15) is 18.0 Å². The zero-order valence-corrected chi connectivity index (χ0v) is 20.8. The lowest BCUT2D eigenvalue weighted by atomic mass is 9.99. The van der Waals surface area contributed by atoms with Crippen molar-refractivity contribution in [3.05, 3.63) is 83.2 Å². The highest BCUT2D eigenvalue weighted by molar-refractivity contribution is 7.22. The van der Waals surface area contributed by atoms with E-state index in [0.29, 0.717) is 46.1 Å². The minimum Gasteiger partial charge on any atom is -0.494 e. The molecule has 1 aliphatic rings. The second kappa shape index (κ2) is 10.3. The number of halogens is 3. The Balaban J connectivity index is 1.38. The topological polar surface area (TPSA) is 65.9 Å². The molecule has 0 saturated carbocycles. The number of rotatable bonds is 9. The van der Waals surface area contributed by atoms with E-state index in [1.165, 1.54) is 36.6 Å². The van der Waals surface area contributed by atoms with Gasteiger partial charge in [-0.25, -0.2) is 18.2 Å². The van der Waals surface area contributed by atoms with E-state index in [1.54, 1.807) is 41.3 Å². The van der Waals surface area contributed by atoms with E-state index in [1.807, 2.05) is 4.90 Å². The van der Waals surface area contributed by atoms with E-state index in [0.717, 1.165) is 5.56 Å². The maximum Gasteiger partial charge on any atom is 0.310 e. The molecule has 0 unspecified atom stereocenters.